The van der Waals surface area contributed by atoms with Gasteiger partial charge in [-0.2, -0.15) is 0 Å². The van der Waals surface area contributed by atoms with Gasteiger partial charge in [0.2, 0.25) is 0 Å². The molecular formula is C9H10O5. The van der Waals surface area contributed by atoms with Gasteiger partial charge in [-0.15, -0.1) is 0 Å². The van der Waals surface area contributed by atoms with E-state index in [4.69, 9.17) is 14.9 Å². The van der Waals surface area contributed by atoms with Crippen LogP contribution in [0.4, 0.5) is 0 Å². The van der Waals surface area contributed by atoms with Crippen LogP contribution in [0.2, 0.25) is 0 Å². The quantitative estimate of drug-likeness (QED) is 0.649. The maximum atomic E-state index is 11.0. The summed E-state index contributed by atoms with van der Waals surface area (Å²) in [4.78, 5) is 21.9. The minimum atomic E-state index is -1.03. The number of rotatable bonds is 2. The van der Waals surface area contributed by atoms with Crippen LogP contribution in [0.3, 0.4) is 0 Å². The highest BCUT2D eigenvalue weighted by Crippen LogP contribution is 2.66. The van der Waals surface area contributed by atoms with Gasteiger partial charge in [0.05, 0.1) is 23.5 Å². The van der Waals surface area contributed by atoms with Crippen molar-refractivity contribution in [2.24, 2.45) is 17.8 Å². The Morgan fingerprint density at radius 2 is 1.86 bits per heavy atom. The Bertz CT molecular complexity index is 330. The van der Waals surface area contributed by atoms with Crippen LogP contribution >= 0.6 is 0 Å². The summed E-state index contributed by atoms with van der Waals surface area (Å²) in [6.45, 7) is 0. The normalized spacial score (nSPS) is 52.9. The largest absolute Gasteiger partial charge is 0.481 e. The second kappa shape index (κ2) is 2.11. The van der Waals surface area contributed by atoms with Gasteiger partial charge >= 0.3 is 11.9 Å². The van der Waals surface area contributed by atoms with E-state index < -0.39 is 29.4 Å². The van der Waals surface area contributed by atoms with Gasteiger partial charge in [0.25, 0.3) is 0 Å². The fourth-order valence-corrected chi connectivity index (χ4v) is 3.50. The molecule has 2 aliphatic heterocycles. The average Bonchev–Trinajstić information content (AvgIpc) is 2.61. The zero-order valence-corrected chi connectivity index (χ0v) is 7.34. The van der Waals surface area contributed by atoms with E-state index in [9.17, 15) is 9.59 Å². The third-order valence-corrected chi connectivity index (χ3v) is 3.93. The van der Waals surface area contributed by atoms with Crippen LogP contribution in [0.25, 0.3) is 0 Å². The molecular weight excluding hydrogens is 188 g/mol. The molecule has 0 aromatic carbocycles. The number of aliphatic carboxylic acids is 2. The van der Waals surface area contributed by atoms with Crippen molar-refractivity contribution in [1.82, 2.24) is 0 Å². The smallest absolute Gasteiger partial charge is 0.310 e. The maximum absolute atomic E-state index is 11.0. The Kier molecular flexibility index (Phi) is 1.24. The van der Waals surface area contributed by atoms with E-state index in [0.29, 0.717) is 6.42 Å². The Morgan fingerprint density at radius 3 is 2.29 bits per heavy atom. The molecule has 1 spiro atoms. The van der Waals surface area contributed by atoms with Crippen molar-refractivity contribution in [3.05, 3.63) is 0 Å². The van der Waals surface area contributed by atoms with Gasteiger partial charge < -0.3 is 14.9 Å². The Balaban J connectivity index is 2.00. The number of carboxylic acids is 2. The average molecular weight is 198 g/mol. The first-order chi connectivity index (χ1) is 6.55. The second-order valence-electron chi connectivity index (χ2n) is 4.47. The molecule has 5 nitrogen and oxygen atoms in total. The highest BCUT2D eigenvalue weighted by Gasteiger charge is 2.75. The molecule has 4 unspecified atom stereocenters. The first kappa shape index (κ1) is 8.23. The lowest BCUT2D eigenvalue weighted by Crippen LogP contribution is -2.58. The van der Waals surface area contributed by atoms with Gasteiger partial charge in [-0.25, -0.2) is 0 Å². The molecule has 4 rings (SSSR count). The number of ether oxygens (including phenoxy) is 1. The predicted molar refractivity (Wildman–Crippen MR) is 42.6 cm³/mol. The van der Waals surface area contributed by atoms with Gasteiger partial charge in [-0.3, -0.25) is 9.59 Å². The standard InChI is InChI=1S/C9H10O5/c10-7(11)5-3-1-9(2-4(3)14-9)6(5)8(12)13/h3-6H,1-2H2,(H,10,11)(H,12,13)/t3?,4?,5?,6?,9-/m0/s1. The van der Waals surface area contributed by atoms with Gasteiger partial charge in [0.15, 0.2) is 0 Å². The molecule has 4 aliphatic rings. The van der Waals surface area contributed by atoms with Crippen molar-refractivity contribution in [3.8, 4) is 0 Å². The van der Waals surface area contributed by atoms with Gasteiger partial charge in [0, 0.05) is 12.3 Å². The van der Waals surface area contributed by atoms with E-state index in [1.54, 1.807) is 0 Å². The van der Waals surface area contributed by atoms with E-state index in [0.717, 1.165) is 6.42 Å². The molecule has 0 radical (unpaired) electrons. The lowest BCUT2D eigenvalue weighted by Gasteiger charge is -2.48. The first-order valence-electron chi connectivity index (χ1n) is 4.68. The van der Waals surface area contributed by atoms with E-state index in [2.05, 4.69) is 0 Å². The second-order valence-corrected chi connectivity index (χ2v) is 4.47. The van der Waals surface area contributed by atoms with Crippen LogP contribution < -0.4 is 0 Å². The summed E-state index contributed by atoms with van der Waals surface area (Å²) in [6, 6.07) is 0. The number of hydrogen-bond donors (Lipinski definition) is 2. The monoisotopic (exact) mass is 198 g/mol. The van der Waals surface area contributed by atoms with Crippen molar-refractivity contribution in [1.29, 1.82) is 0 Å². The van der Waals surface area contributed by atoms with Gasteiger partial charge in [-0.1, -0.05) is 0 Å². The topological polar surface area (TPSA) is 83.8 Å². The van der Waals surface area contributed by atoms with Crippen LogP contribution in [0, 0.1) is 17.8 Å². The van der Waals surface area contributed by atoms with E-state index >= 15 is 0 Å². The lowest BCUT2D eigenvalue weighted by atomic mass is 9.72. The molecule has 0 aromatic rings. The van der Waals surface area contributed by atoms with Gasteiger partial charge in [0.1, 0.15) is 0 Å². The first-order valence-corrected chi connectivity index (χ1v) is 4.68. The molecule has 5 atom stereocenters. The van der Waals surface area contributed by atoms with Crippen LogP contribution in [0.5, 0.6) is 0 Å². The van der Waals surface area contributed by atoms with Crippen LogP contribution in [-0.4, -0.2) is 33.9 Å². The molecule has 14 heavy (non-hydrogen) atoms. The molecule has 2 N–H and O–H groups in total. The molecule has 2 aliphatic carbocycles. The molecule has 3 bridgehead atoms. The molecule has 0 amide bonds. The third kappa shape index (κ3) is 0.671. The molecule has 4 fully saturated rings. The zero-order chi connectivity index (χ0) is 10.1. The maximum Gasteiger partial charge on any atom is 0.310 e. The fraction of sp³-hybridized carbons (Fsp3) is 0.778. The van der Waals surface area contributed by atoms with Crippen molar-refractivity contribution >= 4 is 11.9 Å². The van der Waals surface area contributed by atoms with Crippen LogP contribution in [0.15, 0.2) is 0 Å². The Hall–Kier alpha value is -1.10. The summed E-state index contributed by atoms with van der Waals surface area (Å²) in [5.41, 5.74) is -0.635. The molecule has 2 saturated carbocycles. The summed E-state index contributed by atoms with van der Waals surface area (Å²) in [6.07, 6.45) is 1.36. The van der Waals surface area contributed by atoms with Crippen molar-refractivity contribution in [3.63, 3.8) is 0 Å². The zero-order valence-electron chi connectivity index (χ0n) is 7.34. The minimum Gasteiger partial charge on any atom is -0.481 e. The lowest BCUT2D eigenvalue weighted by molar-refractivity contribution is -0.232. The Labute approximate surface area is 79.7 Å². The number of hydrogen-bond acceptors (Lipinski definition) is 3. The summed E-state index contributed by atoms with van der Waals surface area (Å²) in [7, 11) is 0. The van der Waals surface area contributed by atoms with E-state index in [1.807, 2.05) is 0 Å². The molecule has 5 heteroatoms. The summed E-state index contributed by atoms with van der Waals surface area (Å²) < 4.78 is 5.45. The third-order valence-electron chi connectivity index (χ3n) is 3.93. The molecule has 0 aromatic heterocycles. The van der Waals surface area contributed by atoms with Crippen molar-refractivity contribution < 1.29 is 24.5 Å². The molecule has 76 valence electrons. The fourth-order valence-electron chi connectivity index (χ4n) is 3.50. The molecule has 2 saturated heterocycles. The summed E-state index contributed by atoms with van der Waals surface area (Å²) >= 11 is 0. The Morgan fingerprint density at radius 1 is 1.21 bits per heavy atom. The highest BCUT2D eigenvalue weighted by atomic mass is 16.6. The highest BCUT2D eigenvalue weighted by molar-refractivity contribution is 5.83. The summed E-state index contributed by atoms with van der Waals surface area (Å²) in [5.74, 6) is -3.67. The minimum absolute atomic E-state index is 0.00620. The van der Waals surface area contributed by atoms with Crippen molar-refractivity contribution in [2.45, 2.75) is 24.5 Å². The van der Waals surface area contributed by atoms with E-state index in [1.165, 1.54) is 0 Å². The summed E-state index contributed by atoms with van der Waals surface area (Å²) in [5, 5.41) is 18.0. The predicted octanol–water partition coefficient (Wildman–Crippen LogP) is -0.0508. The number of carboxylic acid groups (broad SMARTS) is 2. The van der Waals surface area contributed by atoms with Crippen LogP contribution in [0.1, 0.15) is 12.8 Å². The van der Waals surface area contributed by atoms with E-state index in [-0.39, 0.29) is 12.0 Å². The van der Waals surface area contributed by atoms with Crippen molar-refractivity contribution in [2.75, 3.05) is 0 Å². The SMILES string of the molecule is O=C(O)C1C2C[C@]3(CC2O3)C1C(=O)O. The number of carbonyl (C=O) groups is 2. The van der Waals surface area contributed by atoms with Gasteiger partial charge in [-0.05, 0) is 6.42 Å². The van der Waals surface area contributed by atoms with Crippen LogP contribution in [-0.2, 0) is 14.3 Å². The molecule has 2 heterocycles.